The van der Waals surface area contributed by atoms with Crippen molar-refractivity contribution in [3.63, 3.8) is 0 Å². The van der Waals surface area contributed by atoms with Crippen molar-refractivity contribution in [2.24, 2.45) is 0 Å². The zero-order chi connectivity index (χ0) is 20.9. The van der Waals surface area contributed by atoms with Crippen molar-refractivity contribution in [3.8, 4) is 5.75 Å². The second-order valence-corrected chi connectivity index (χ2v) is 8.72. The molecule has 2 heterocycles. The predicted octanol–water partition coefficient (Wildman–Crippen LogP) is 3.98. The average Bonchev–Trinajstić information content (AvgIpc) is 3.10. The number of rotatable bonds is 4. The second kappa shape index (κ2) is 6.96. The van der Waals surface area contributed by atoms with Gasteiger partial charge in [-0.05, 0) is 42.3 Å². The first-order chi connectivity index (χ1) is 14.5. The zero-order valence-corrected chi connectivity index (χ0v) is 17.2. The van der Waals surface area contributed by atoms with Crippen molar-refractivity contribution in [1.82, 2.24) is 9.88 Å². The minimum Gasteiger partial charge on any atom is -0.497 e. The molecule has 2 aromatic carbocycles. The quantitative estimate of drug-likeness (QED) is 0.645. The van der Waals surface area contributed by atoms with Crippen LogP contribution in [0.15, 0.2) is 55.1 Å². The Hall–Kier alpha value is -2.63. The third-order valence-electron chi connectivity index (χ3n) is 7.17. The molecule has 0 bridgehead atoms. The summed E-state index contributed by atoms with van der Waals surface area (Å²) in [5.74, 6) is 0.534. The fourth-order valence-corrected chi connectivity index (χ4v) is 5.67. The number of methoxy groups -OCH3 is 1. The van der Waals surface area contributed by atoms with Gasteiger partial charge in [0, 0.05) is 42.4 Å². The number of H-pyrrole nitrogens is 1. The lowest BCUT2D eigenvalue weighted by molar-refractivity contribution is -0.100. The summed E-state index contributed by atoms with van der Waals surface area (Å²) in [6.45, 7) is 6.04. The topological polar surface area (TPSA) is 48.5 Å². The van der Waals surface area contributed by atoms with Crippen molar-refractivity contribution in [2.45, 2.75) is 30.3 Å². The predicted molar refractivity (Wildman–Crippen MR) is 117 cm³/mol. The molecule has 3 aromatic rings. The van der Waals surface area contributed by atoms with Gasteiger partial charge in [-0.3, -0.25) is 4.90 Å². The van der Waals surface area contributed by atoms with Crippen LogP contribution in [0.2, 0.25) is 0 Å². The zero-order valence-electron chi connectivity index (χ0n) is 17.2. The summed E-state index contributed by atoms with van der Waals surface area (Å²) in [6.07, 6.45) is 3.82. The first-order valence-corrected chi connectivity index (χ1v) is 10.5. The van der Waals surface area contributed by atoms with Crippen molar-refractivity contribution < 1.29 is 14.2 Å². The van der Waals surface area contributed by atoms with Gasteiger partial charge in [0.05, 0.1) is 18.2 Å². The molecule has 1 saturated heterocycles. The number of para-hydroxylation sites is 1. The molecular formula is C25H27FN2O2. The van der Waals surface area contributed by atoms with E-state index in [2.05, 4.69) is 22.5 Å². The Morgan fingerprint density at radius 2 is 2.10 bits per heavy atom. The molecule has 1 fully saturated rings. The lowest BCUT2D eigenvalue weighted by Crippen LogP contribution is -2.66. The van der Waals surface area contributed by atoms with Crippen molar-refractivity contribution in [3.05, 3.63) is 77.8 Å². The second-order valence-electron chi connectivity index (χ2n) is 8.72. The van der Waals surface area contributed by atoms with Crippen LogP contribution in [0.4, 0.5) is 4.39 Å². The number of fused-ring (bicyclic) bond motifs is 4. The normalized spacial score (nSPS) is 26.2. The van der Waals surface area contributed by atoms with Crippen LogP contribution in [0.25, 0.3) is 10.9 Å². The average molecular weight is 407 g/mol. The molecule has 1 aliphatic carbocycles. The summed E-state index contributed by atoms with van der Waals surface area (Å²) in [5, 5.41) is 13.1. The van der Waals surface area contributed by atoms with Gasteiger partial charge < -0.3 is 14.8 Å². The van der Waals surface area contributed by atoms with Crippen LogP contribution in [0, 0.1) is 5.82 Å². The van der Waals surface area contributed by atoms with Crippen LogP contribution in [0.5, 0.6) is 5.75 Å². The number of β-amino-alcohol motifs (C(OH)–C–C–N with tert-alkyl or cyclic N) is 1. The lowest BCUT2D eigenvalue weighted by Gasteiger charge is -2.56. The molecule has 156 valence electrons. The third-order valence-corrected chi connectivity index (χ3v) is 7.17. The van der Waals surface area contributed by atoms with E-state index >= 15 is 0 Å². The fourth-order valence-electron chi connectivity index (χ4n) is 5.67. The van der Waals surface area contributed by atoms with Gasteiger partial charge in [0.2, 0.25) is 0 Å². The van der Waals surface area contributed by atoms with Crippen LogP contribution in [0.1, 0.15) is 23.2 Å². The van der Waals surface area contributed by atoms with Crippen LogP contribution >= 0.6 is 0 Å². The van der Waals surface area contributed by atoms with Gasteiger partial charge in [-0.15, -0.1) is 6.58 Å². The molecule has 0 amide bonds. The Labute approximate surface area is 176 Å². The summed E-state index contributed by atoms with van der Waals surface area (Å²) < 4.78 is 20.0. The van der Waals surface area contributed by atoms with E-state index in [1.807, 2.05) is 30.3 Å². The molecule has 2 unspecified atom stereocenters. The molecule has 0 spiro atoms. The first kappa shape index (κ1) is 19.3. The monoisotopic (exact) mass is 406 g/mol. The Kier molecular flexibility index (Phi) is 4.49. The minimum absolute atomic E-state index is 0.249. The summed E-state index contributed by atoms with van der Waals surface area (Å²) in [6, 6.07) is 13.2. The Balaban J connectivity index is 1.70. The number of aromatic nitrogens is 1. The summed E-state index contributed by atoms with van der Waals surface area (Å²) >= 11 is 0. The number of nitrogens with one attached hydrogen (secondary N) is 1. The Morgan fingerprint density at radius 3 is 2.90 bits per heavy atom. The van der Waals surface area contributed by atoms with E-state index in [0.717, 1.165) is 47.5 Å². The van der Waals surface area contributed by atoms with Gasteiger partial charge in [-0.25, -0.2) is 4.39 Å². The van der Waals surface area contributed by atoms with Crippen molar-refractivity contribution in [1.29, 1.82) is 0 Å². The Bertz CT molecular complexity index is 1120. The number of aliphatic hydroxyl groups is 1. The number of likely N-dealkylation sites (tertiary alicyclic amines) is 1. The maximum atomic E-state index is 14.5. The minimum atomic E-state index is -0.977. The highest BCUT2D eigenvalue weighted by Crippen LogP contribution is 2.51. The van der Waals surface area contributed by atoms with Crippen molar-refractivity contribution >= 4 is 10.9 Å². The number of aromatic amines is 1. The largest absolute Gasteiger partial charge is 0.497 e. The van der Waals surface area contributed by atoms with E-state index in [-0.39, 0.29) is 5.82 Å². The van der Waals surface area contributed by atoms with Gasteiger partial charge in [0.1, 0.15) is 11.6 Å². The maximum absolute atomic E-state index is 14.5. The molecule has 0 saturated carbocycles. The third kappa shape index (κ3) is 2.72. The standard InChI is InChI=1S/C25H27FN2O2/c1-3-11-28-12-10-24(17-6-4-7-18(13-17)30-2)15-22-20(14-25(24,29)16-28)19-8-5-9-21(26)23(19)27-22/h3-9,13,27,29H,1,10-12,14-16H2,2H3. The van der Waals surface area contributed by atoms with E-state index in [9.17, 15) is 9.50 Å². The number of nitrogens with zero attached hydrogens (tertiary/aromatic N) is 1. The molecule has 2 N–H and O–H groups in total. The first-order valence-electron chi connectivity index (χ1n) is 10.5. The number of ether oxygens (including phenoxy) is 1. The fraction of sp³-hybridized carbons (Fsp3) is 0.360. The number of benzene rings is 2. The van der Waals surface area contributed by atoms with Gasteiger partial charge in [-0.2, -0.15) is 0 Å². The smallest absolute Gasteiger partial charge is 0.147 e. The molecule has 1 aromatic heterocycles. The number of hydrogen-bond donors (Lipinski definition) is 2. The van der Waals surface area contributed by atoms with Gasteiger partial charge in [-0.1, -0.05) is 30.3 Å². The SMILES string of the molecule is C=CCN1CCC2(c3cccc(OC)c3)Cc3[nH]c4c(F)cccc4c3CC2(O)C1. The molecule has 2 aliphatic rings. The van der Waals surface area contributed by atoms with E-state index < -0.39 is 11.0 Å². The van der Waals surface area contributed by atoms with Gasteiger partial charge >= 0.3 is 0 Å². The number of hydrogen-bond acceptors (Lipinski definition) is 3. The van der Waals surface area contributed by atoms with Crippen molar-refractivity contribution in [2.75, 3.05) is 26.7 Å². The van der Waals surface area contributed by atoms with Gasteiger partial charge in [0.15, 0.2) is 0 Å². The van der Waals surface area contributed by atoms with Crippen LogP contribution in [-0.4, -0.2) is 47.3 Å². The number of halogens is 1. The van der Waals surface area contributed by atoms with Crippen LogP contribution in [-0.2, 0) is 18.3 Å². The Morgan fingerprint density at radius 1 is 1.27 bits per heavy atom. The van der Waals surface area contributed by atoms with Crippen LogP contribution < -0.4 is 4.74 Å². The lowest BCUT2D eigenvalue weighted by atomic mass is 9.56. The van der Waals surface area contributed by atoms with E-state index in [1.54, 1.807) is 13.2 Å². The highest BCUT2D eigenvalue weighted by Gasteiger charge is 2.57. The molecule has 30 heavy (non-hydrogen) atoms. The molecule has 5 rings (SSSR count). The molecule has 0 radical (unpaired) electrons. The van der Waals surface area contributed by atoms with E-state index in [0.29, 0.717) is 24.9 Å². The summed E-state index contributed by atoms with van der Waals surface area (Å²) in [7, 11) is 1.66. The van der Waals surface area contributed by atoms with E-state index in [4.69, 9.17) is 4.74 Å². The van der Waals surface area contributed by atoms with Gasteiger partial charge in [0.25, 0.3) is 0 Å². The summed E-state index contributed by atoms with van der Waals surface area (Å²) in [5.41, 5.74) is 2.23. The highest BCUT2D eigenvalue weighted by molar-refractivity contribution is 5.86. The molecule has 4 nitrogen and oxygen atoms in total. The highest BCUT2D eigenvalue weighted by atomic mass is 19.1. The molecular weight excluding hydrogens is 379 g/mol. The van der Waals surface area contributed by atoms with E-state index in [1.165, 1.54) is 6.07 Å². The number of piperidine rings is 1. The molecule has 5 heteroatoms. The molecule has 2 atom stereocenters. The summed E-state index contributed by atoms with van der Waals surface area (Å²) in [4.78, 5) is 5.60. The molecule has 1 aliphatic heterocycles. The maximum Gasteiger partial charge on any atom is 0.147 e. The van der Waals surface area contributed by atoms with Crippen LogP contribution in [0.3, 0.4) is 0 Å².